The summed E-state index contributed by atoms with van der Waals surface area (Å²) in [6.07, 6.45) is 1.44. The highest BCUT2D eigenvalue weighted by Crippen LogP contribution is 2.12. The molecule has 0 radical (unpaired) electrons. The molecule has 2 unspecified atom stereocenters. The minimum Gasteiger partial charge on any atom is -0.543 e. The van der Waals surface area contributed by atoms with E-state index in [1.165, 1.54) is 20.3 Å². The molecule has 0 N–H and O–H groups in total. The van der Waals surface area contributed by atoms with E-state index >= 15 is 0 Å². The fourth-order valence-electron chi connectivity index (χ4n) is 0.986. The lowest BCUT2D eigenvalue weighted by Crippen LogP contribution is -2.32. The first kappa shape index (κ1) is 17.8. The fraction of sp³-hybridized carbons (Fsp3) is 0.636. The van der Waals surface area contributed by atoms with Crippen LogP contribution < -0.4 is 0 Å². The molecule has 0 aliphatic heterocycles. The first-order chi connectivity index (χ1) is 8.58. The Bertz CT molecular complexity index is 402. The average Bonchev–Trinajstić information content (AvgIpc) is 2.22. The molecule has 2 atom stereocenters. The van der Waals surface area contributed by atoms with Gasteiger partial charge in [-0.05, 0) is 26.6 Å². The van der Waals surface area contributed by atoms with Crippen LogP contribution in [0.5, 0.6) is 0 Å². The monoisotopic (exact) mass is 307 g/mol. The Labute approximate surface area is 117 Å². The van der Waals surface area contributed by atoms with Gasteiger partial charge in [-0.2, -0.15) is 0 Å². The van der Waals surface area contributed by atoms with Gasteiger partial charge < -0.3 is 14.0 Å². The second kappa shape index (κ2) is 7.44. The van der Waals surface area contributed by atoms with E-state index < -0.39 is 30.5 Å². The summed E-state index contributed by atoms with van der Waals surface area (Å²) in [5.41, 5.74) is -0.892. The third-order valence-corrected chi connectivity index (χ3v) is 3.70. The maximum Gasteiger partial charge on any atom is 0.365 e. The van der Waals surface area contributed by atoms with Gasteiger partial charge in [0.15, 0.2) is 5.44 Å². The van der Waals surface area contributed by atoms with Crippen molar-refractivity contribution in [3.05, 3.63) is 12.3 Å². The van der Waals surface area contributed by atoms with E-state index in [2.05, 4.69) is 16.6 Å². The highest BCUT2D eigenvalue weighted by Gasteiger charge is 2.26. The average molecular weight is 307 g/mol. The zero-order chi connectivity index (χ0) is 15.2. The Hall–Kier alpha value is -1.15. The molecule has 110 valence electrons. The second-order valence-corrected chi connectivity index (χ2v) is 10.8. The normalized spacial score (nSPS) is 15.4. The summed E-state index contributed by atoms with van der Waals surface area (Å²) in [6, 6.07) is 0. The van der Waals surface area contributed by atoms with Gasteiger partial charge in [-0.25, -0.2) is 4.79 Å². The molecule has 6 nitrogen and oxygen atoms in total. The summed E-state index contributed by atoms with van der Waals surface area (Å²) in [7, 11) is -1.91. The first-order valence-electron chi connectivity index (χ1n) is 5.61. The molecule has 0 aliphatic carbocycles. The van der Waals surface area contributed by atoms with Crippen LogP contribution in [-0.4, -0.2) is 43.0 Å². The van der Waals surface area contributed by atoms with Gasteiger partial charge in [0.1, 0.15) is 12.9 Å². The predicted molar refractivity (Wildman–Crippen MR) is 77.6 cm³/mol. The van der Waals surface area contributed by atoms with E-state index in [4.69, 9.17) is 9.16 Å². The molecule has 0 rings (SSSR count). The highest BCUT2D eigenvalue weighted by atomic mass is 32.2. The number of oxime groups is 1. The molecule has 0 saturated carbocycles. The fourth-order valence-corrected chi connectivity index (χ4v) is 2.04. The van der Waals surface area contributed by atoms with Crippen LogP contribution in [0, 0.1) is 0 Å². The van der Waals surface area contributed by atoms with Crippen LogP contribution in [0.2, 0.25) is 19.6 Å². The molecular weight excluding hydrogens is 286 g/mol. The topological polar surface area (TPSA) is 74.2 Å². The Morgan fingerprint density at radius 3 is 2.26 bits per heavy atom. The molecule has 0 aromatic carbocycles. The smallest absolute Gasteiger partial charge is 0.365 e. The van der Waals surface area contributed by atoms with E-state index in [1.807, 2.05) is 19.6 Å². The van der Waals surface area contributed by atoms with Crippen molar-refractivity contribution >= 4 is 30.8 Å². The number of hydrogen-bond donors (Lipinski definition) is 0. The molecule has 19 heavy (non-hydrogen) atoms. The maximum absolute atomic E-state index is 11.9. The Morgan fingerprint density at radius 2 is 1.89 bits per heavy atom. The van der Waals surface area contributed by atoms with E-state index in [9.17, 15) is 9.00 Å². The van der Waals surface area contributed by atoms with Crippen molar-refractivity contribution in [3.8, 4) is 0 Å². The van der Waals surface area contributed by atoms with Crippen LogP contribution in [0.4, 0.5) is 0 Å². The van der Waals surface area contributed by atoms with Crippen molar-refractivity contribution in [2.45, 2.75) is 32.0 Å². The summed E-state index contributed by atoms with van der Waals surface area (Å²) in [6.45, 7) is 11.0. The minimum atomic E-state index is -1.92. The van der Waals surface area contributed by atoms with E-state index in [0.717, 1.165) is 0 Å². The summed E-state index contributed by atoms with van der Waals surface area (Å²) in [4.78, 5) is 16.5. The molecule has 0 saturated heterocycles. The highest BCUT2D eigenvalue weighted by molar-refractivity contribution is 7.84. The number of hydrogen-bond acceptors (Lipinski definition) is 6. The number of ether oxygens (including phenoxy) is 1. The van der Waals surface area contributed by atoms with Crippen LogP contribution in [0.15, 0.2) is 17.5 Å². The quantitative estimate of drug-likeness (QED) is 0.235. The Kier molecular flexibility index (Phi) is 6.99. The number of nitrogens with zero attached hydrogens (tertiary/aromatic N) is 1. The molecule has 0 fully saturated rings. The summed E-state index contributed by atoms with van der Waals surface area (Å²) in [5, 5.41) is 3.56. The van der Waals surface area contributed by atoms with E-state index in [-0.39, 0.29) is 11.5 Å². The summed E-state index contributed by atoms with van der Waals surface area (Å²) in [5.74, 6) is -0.673. The lowest BCUT2D eigenvalue weighted by molar-refractivity contribution is -0.136. The van der Waals surface area contributed by atoms with Gasteiger partial charge in [0.2, 0.25) is 14.0 Å². The zero-order valence-corrected chi connectivity index (χ0v) is 14.0. The summed E-state index contributed by atoms with van der Waals surface area (Å²) >= 11 is 0. The molecule has 0 amide bonds. The number of carbonyl (C=O) groups is 1. The van der Waals surface area contributed by atoms with Crippen LogP contribution in [0.1, 0.15) is 6.92 Å². The predicted octanol–water partition coefficient (Wildman–Crippen LogP) is 1.62. The van der Waals surface area contributed by atoms with Crippen molar-refractivity contribution in [1.29, 1.82) is 0 Å². The molecule has 8 heteroatoms. The van der Waals surface area contributed by atoms with Crippen molar-refractivity contribution in [2.75, 3.05) is 13.4 Å². The van der Waals surface area contributed by atoms with E-state index in [0.29, 0.717) is 0 Å². The molecule has 0 aliphatic rings. The minimum absolute atomic E-state index is 0.0973. The first-order valence-corrected chi connectivity index (χ1v) is 10.6. The van der Waals surface area contributed by atoms with Gasteiger partial charge >= 0.3 is 5.97 Å². The molecule has 0 bridgehead atoms. The molecule has 0 aromatic heterocycles. The van der Waals surface area contributed by atoms with Gasteiger partial charge in [-0.15, -0.1) is 0 Å². The molecular formula is C11H21NO5SSi. The second-order valence-electron chi connectivity index (χ2n) is 4.73. The SMILES string of the molecule is C=C(O[Si](C)(C)C)C(=NOC)C(=O)OC(C)S(C)=O. The molecule has 0 aromatic rings. The van der Waals surface area contributed by atoms with Crippen LogP contribution in [0.25, 0.3) is 0 Å². The summed E-state index contributed by atoms with van der Waals surface area (Å²) < 4.78 is 21.7. The number of esters is 1. The van der Waals surface area contributed by atoms with Gasteiger partial charge in [0.25, 0.3) is 0 Å². The lowest BCUT2D eigenvalue weighted by atomic mass is 10.3. The van der Waals surface area contributed by atoms with Crippen LogP contribution >= 0.6 is 0 Å². The molecule has 0 spiro atoms. The third-order valence-electron chi connectivity index (χ3n) is 1.81. The van der Waals surface area contributed by atoms with Crippen LogP contribution in [0.3, 0.4) is 0 Å². The van der Waals surface area contributed by atoms with E-state index in [1.54, 1.807) is 0 Å². The van der Waals surface area contributed by atoms with Gasteiger partial charge in [-0.1, -0.05) is 11.7 Å². The Balaban J connectivity index is 4.93. The standard InChI is InChI=1S/C11H21NO5SSi/c1-8(17-19(5,6)7)10(12-15-3)11(13)16-9(2)18(4)14/h9H,1H2,2-7H3. The largest absolute Gasteiger partial charge is 0.543 e. The van der Waals surface area contributed by atoms with Crippen molar-refractivity contribution < 1.29 is 23.0 Å². The Morgan fingerprint density at radius 1 is 1.37 bits per heavy atom. The third kappa shape index (κ3) is 7.11. The van der Waals surface area contributed by atoms with Crippen molar-refractivity contribution in [3.63, 3.8) is 0 Å². The maximum atomic E-state index is 11.9. The van der Waals surface area contributed by atoms with Gasteiger partial charge in [0, 0.05) is 6.26 Å². The van der Waals surface area contributed by atoms with Crippen LogP contribution in [-0.2, 0) is 29.6 Å². The lowest BCUT2D eigenvalue weighted by Gasteiger charge is -2.21. The zero-order valence-electron chi connectivity index (χ0n) is 12.2. The van der Waals surface area contributed by atoms with Gasteiger partial charge in [0.05, 0.1) is 10.8 Å². The number of rotatable bonds is 7. The van der Waals surface area contributed by atoms with Crippen molar-refractivity contribution in [2.24, 2.45) is 5.16 Å². The number of carbonyl (C=O) groups excluding carboxylic acids is 1. The van der Waals surface area contributed by atoms with Gasteiger partial charge in [-0.3, -0.25) is 4.21 Å². The molecule has 0 heterocycles. The van der Waals surface area contributed by atoms with Crippen molar-refractivity contribution in [1.82, 2.24) is 0 Å².